The van der Waals surface area contributed by atoms with Gasteiger partial charge >= 0.3 is 11.9 Å². The van der Waals surface area contributed by atoms with Crippen LogP contribution in [0.4, 0.5) is 5.69 Å². The van der Waals surface area contributed by atoms with Crippen molar-refractivity contribution in [3.05, 3.63) is 64.1 Å². The molecule has 0 fully saturated rings. The van der Waals surface area contributed by atoms with Gasteiger partial charge in [-0.25, -0.2) is 9.78 Å². The summed E-state index contributed by atoms with van der Waals surface area (Å²) in [6, 6.07) is 11.2. The fraction of sp³-hybridized carbons (Fsp3) is 0.240. The highest BCUT2D eigenvalue weighted by Gasteiger charge is 2.21. The summed E-state index contributed by atoms with van der Waals surface area (Å²) in [7, 11) is 0. The molecule has 0 saturated heterocycles. The highest BCUT2D eigenvalue weighted by molar-refractivity contribution is 7.71. The number of hydrogen-bond donors (Lipinski definition) is 4. The summed E-state index contributed by atoms with van der Waals surface area (Å²) < 4.78 is 0.514. The van der Waals surface area contributed by atoms with E-state index in [9.17, 15) is 19.5 Å². The van der Waals surface area contributed by atoms with Crippen LogP contribution >= 0.6 is 12.2 Å². The molecule has 0 saturated carbocycles. The van der Waals surface area contributed by atoms with Crippen molar-refractivity contribution >= 4 is 46.7 Å². The maximum Gasteiger partial charge on any atom is 0.326 e. The Labute approximate surface area is 206 Å². The lowest BCUT2D eigenvalue weighted by atomic mass is 10.1. The number of fused-ring (bicyclic) bond motifs is 1. The highest BCUT2D eigenvalue weighted by atomic mass is 32.1. The predicted molar refractivity (Wildman–Crippen MR) is 134 cm³/mol. The van der Waals surface area contributed by atoms with Crippen LogP contribution in [0, 0.1) is 23.9 Å². The molecule has 3 aromatic rings. The number of anilines is 1. The Bertz CT molecular complexity index is 1360. The summed E-state index contributed by atoms with van der Waals surface area (Å²) in [4.78, 5) is 44.0. The number of terminal acetylenes is 1. The van der Waals surface area contributed by atoms with E-state index < -0.39 is 23.9 Å². The van der Waals surface area contributed by atoms with E-state index in [2.05, 4.69) is 21.2 Å². The van der Waals surface area contributed by atoms with Crippen molar-refractivity contribution in [1.29, 1.82) is 0 Å². The number of aromatic amines is 1. The molecule has 10 heteroatoms. The molecule has 1 atom stereocenters. The molecule has 2 aromatic carbocycles. The standard InChI is InChI=1S/C25H24N4O5S/c1-3-12-29(14-16-4-9-20-19(13-16)24(35)27-15(2)26-20)18-7-5-17(6-8-18)23(32)28-21(25(33)34)10-11-22(30)31/h1,4-9,13,21H,10-12,14H2,2H3,(H,28,32)(H,30,31)(H,33,34)(H,26,27,35). The van der Waals surface area contributed by atoms with Gasteiger partial charge in [0.25, 0.3) is 5.91 Å². The molecule has 9 nitrogen and oxygen atoms in total. The summed E-state index contributed by atoms with van der Waals surface area (Å²) in [5.41, 5.74) is 2.89. The zero-order valence-corrected chi connectivity index (χ0v) is 19.8. The molecule has 4 N–H and O–H groups in total. The Morgan fingerprint density at radius 2 is 1.91 bits per heavy atom. The molecular formula is C25H24N4O5S. The number of carboxylic acid groups (broad SMARTS) is 2. The van der Waals surface area contributed by atoms with Crippen molar-refractivity contribution in [2.24, 2.45) is 0 Å². The second-order valence-corrected chi connectivity index (χ2v) is 8.30. The van der Waals surface area contributed by atoms with E-state index in [-0.39, 0.29) is 18.4 Å². The van der Waals surface area contributed by atoms with Crippen molar-refractivity contribution in [3.8, 4) is 12.3 Å². The number of aryl methyl sites for hydroxylation is 1. The van der Waals surface area contributed by atoms with Crippen molar-refractivity contribution in [3.63, 3.8) is 0 Å². The fourth-order valence-electron chi connectivity index (χ4n) is 3.57. The van der Waals surface area contributed by atoms with Crippen LogP contribution in [0.3, 0.4) is 0 Å². The first-order valence-electron chi connectivity index (χ1n) is 10.7. The molecule has 1 heterocycles. The third kappa shape index (κ3) is 6.65. The van der Waals surface area contributed by atoms with Gasteiger partial charge in [-0.05, 0) is 55.3 Å². The maximum atomic E-state index is 12.5. The third-order valence-electron chi connectivity index (χ3n) is 5.30. The second-order valence-electron chi connectivity index (χ2n) is 7.91. The number of nitrogens with zero attached hydrogens (tertiary/aromatic N) is 2. The van der Waals surface area contributed by atoms with Gasteiger partial charge in [0.15, 0.2) is 0 Å². The molecule has 1 unspecified atom stereocenters. The normalized spacial score (nSPS) is 11.4. The first-order valence-corrected chi connectivity index (χ1v) is 11.1. The van der Waals surface area contributed by atoms with E-state index in [1.54, 1.807) is 24.3 Å². The number of carboxylic acids is 2. The fourth-order valence-corrected chi connectivity index (χ4v) is 3.88. The number of hydrogen-bond acceptors (Lipinski definition) is 6. The molecule has 0 aliphatic heterocycles. The minimum atomic E-state index is -1.30. The van der Waals surface area contributed by atoms with Crippen LogP contribution in [0.1, 0.15) is 34.6 Å². The van der Waals surface area contributed by atoms with Gasteiger partial charge in [-0.2, -0.15) is 0 Å². The number of H-pyrrole nitrogens is 1. The van der Waals surface area contributed by atoms with Crippen molar-refractivity contribution in [2.45, 2.75) is 32.4 Å². The van der Waals surface area contributed by atoms with Crippen molar-refractivity contribution in [2.75, 3.05) is 11.4 Å². The topological polar surface area (TPSA) is 136 Å². The van der Waals surface area contributed by atoms with Gasteiger partial charge in [-0.1, -0.05) is 24.2 Å². The number of aliphatic carboxylic acids is 2. The Morgan fingerprint density at radius 3 is 2.54 bits per heavy atom. The molecule has 0 aliphatic rings. The van der Waals surface area contributed by atoms with E-state index in [1.165, 1.54) is 0 Å². The van der Waals surface area contributed by atoms with Gasteiger partial charge in [0.05, 0.1) is 6.54 Å². The Balaban J connectivity index is 1.76. The Hall–Kier alpha value is -4.23. The number of carbonyl (C=O) groups is 3. The zero-order chi connectivity index (χ0) is 25.5. The molecule has 3 rings (SSSR count). The van der Waals surface area contributed by atoms with Gasteiger partial charge in [-0.3, -0.25) is 9.59 Å². The van der Waals surface area contributed by atoms with E-state index >= 15 is 0 Å². The molecule has 0 radical (unpaired) electrons. The lowest BCUT2D eigenvalue weighted by molar-refractivity contribution is -0.140. The van der Waals surface area contributed by atoms with Crippen LogP contribution < -0.4 is 10.2 Å². The predicted octanol–water partition coefficient (Wildman–Crippen LogP) is 3.29. The number of nitrogens with one attached hydrogen (secondary N) is 2. The maximum absolute atomic E-state index is 12.5. The average molecular weight is 493 g/mol. The van der Waals surface area contributed by atoms with Crippen LogP contribution in [0.25, 0.3) is 10.9 Å². The van der Waals surface area contributed by atoms with Gasteiger partial charge in [0.2, 0.25) is 0 Å². The first kappa shape index (κ1) is 25.4. The number of amides is 1. The molecule has 1 aromatic heterocycles. The lowest BCUT2D eigenvalue weighted by Crippen LogP contribution is -2.41. The van der Waals surface area contributed by atoms with Crippen molar-refractivity contribution < 1.29 is 24.6 Å². The largest absolute Gasteiger partial charge is 0.481 e. The molecule has 1 amide bonds. The minimum absolute atomic E-state index is 0.213. The smallest absolute Gasteiger partial charge is 0.326 e. The number of rotatable bonds is 10. The van der Waals surface area contributed by atoms with E-state index in [0.29, 0.717) is 17.7 Å². The first-order chi connectivity index (χ1) is 16.7. The van der Waals surface area contributed by atoms with Gasteiger partial charge in [0.1, 0.15) is 16.5 Å². The third-order valence-corrected chi connectivity index (χ3v) is 5.61. The van der Waals surface area contributed by atoms with E-state index in [0.717, 1.165) is 28.0 Å². The summed E-state index contributed by atoms with van der Waals surface area (Å²) in [5.74, 6) is 0.339. The molecule has 0 spiro atoms. The SMILES string of the molecule is C#CCN(Cc1ccc2[nH]c(C)nc(=S)c2c1)c1ccc(C(=O)NC(CCC(=O)O)C(=O)O)cc1. The zero-order valence-electron chi connectivity index (χ0n) is 18.9. The number of benzene rings is 2. The number of carbonyl (C=O) groups excluding carboxylic acids is 1. The molecular weight excluding hydrogens is 468 g/mol. The number of aromatic nitrogens is 2. The summed E-state index contributed by atoms with van der Waals surface area (Å²) in [6.07, 6.45) is 5.00. The molecule has 180 valence electrons. The van der Waals surface area contributed by atoms with Crippen LogP contribution in [-0.2, 0) is 16.1 Å². The average Bonchev–Trinajstić information content (AvgIpc) is 2.81. The summed E-state index contributed by atoms with van der Waals surface area (Å²) in [6.45, 7) is 2.66. The molecule has 35 heavy (non-hydrogen) atoms. The lowest BCUT2D eigenvalue weighted by Gasteiger charge is -2.23. The monoisotopic (exact) mass is 492 g/mol. The minimum Gasteiger partial charge on any atom is -0.481 e. The molecule has 0 aliphatic carbocycles. The quantitative estimate of drug-likeness (QED) is 0.250. The highest BCUT2D eigenvalue weighted by Crippen LogP contribution is 2.21. The van der Waals surface area contributed by atoms with Gasteiger partial charge < -0.3 is 25.4 Å². The summed E-state index contributed by atoms with van der Waals surface area (Å²) >= 11 is 5.39. The van der Waals surface area contributed by atoms with Gasteiger partial charge in [0, 0.05) is 35.1 Å². The van der Waals surface area contributed by atoms with E-state index in [1.807, 2.05) is 30.0 Å². The second kappa shape index (κ2) is 11.3. The van der Waals surface area contributed by atoms with Gasteiger partial charge in [-0.15, -0.1) is 6.42 Å². The van der Waals surface area contributed by atoms with Crippen LogP contribution in [0.5, 0.6) is 0 Å². The Morgan fingerprint density at radius 1 is 1.20 bits per heavy atom. The van der Waals surface area contributed by atoms with E-state index in [4.69, 9.17) is 23.7 Å². The van der Waals surface area contributed by atoms with Crippen LogP contribution in [0.15, 0.2) is 42.5 Å². The molecule has 0 bridgehead atoms. The Kier molecular flexibility index (Phi) is 8.17. The van der Waals surface area contributed by atoms with Crippen LogP contribution in [-0.4, -0.2) is 50.6 Å². The van der Waals surface area contributed by atoms with Crippen molar-refractivity contribution in [1.82, 2.24) is 15.3 Å². The summed E-state index contributed by atoms with van der Waals surface area (Å²) in [5, 5.41) is 21.2. The van der Waals surface area contributed by atoms with Crippen LogP contribution in [0.2, 0.25) is 0 Å².